The standard InChI is InChI=1S/C21H24O7/c1-6-27-19(24)21(20(25)28-7-2)12(3)16(14-10-8-9-11-15(14)21)17(13(4)22)18(23)26-5/h8-11,22H,6-7H2,1-5H3/b17-13-. The van der Waals surface area contributed by atoms with Crippen LogP contribution in [0.15, 0.2) is 41.2 Å². The Morgan fingerprint density at radius 1 is 1.04 bits per heavy atom. The monoisotopic (exact) mass is 388 g/mol. The number of ether oxygens (including phenoxy) is 3. The molecule has 0 fully saturated rings. The summed E-state index contributed by atoms with van der Waals surface area (Å²) in [5.74, 6) is -2.67. The van der Waals surface area contributed by atoms with Crippen molar-refractivity contribution in [2.75, 3.05) is 20.3 Å². The van der Waals surface area contributed by atoms with Crippen molar-refractivity contribution < 1.29 is 33.7 Å². The van der Waals surface area contributed by atoms with Gasteiger partial charge >= 0.3 is 17.9 Å². The van der Waals surface area contributed by atoms with Gasteiger partial charge in [-0.25, -0.2) is 4.79 Å². The molecule has 0 saturated heterocycles. The highest BCUT2D eigenvalue weighted by Crippen LogP contribution is 2.51. The van der Waals surface area contributed by atoms with Gasteiger partial charge in [0, 0.05) is 5.57 Å². The molecule has 1 aromatic carbocycles. The maximum absolute atomic E-state index is 13.1. The maximum Gasteiger partial charge on any atom is 0.341 e. The molecule has 0 atom stereocenters. The zero-order valence-corrected chi connectivity index (χ0v) is 16.6. The minimum absolute atomic E-state index is 0.0590. The van der Waals surface area contributed by atoms with Gasteiger partial charge in [-0.2, -0.15) is 0 Å². The van der Waals surface area contributed by atoms with Gasteiger partial charge in [0.05, 0.1) is 20.3 Å². The van der Waals surface area contributed by atoms with Crippen LogP contribution >= 0.6 is 0 Å². The second kappa shape index (κ2) is 8.29. The van der Waals surface area contributed by atoms with Crippen molar-refractivity contribution in [3.8, 4) is 0 Å². The minimum atomic E-state index is -1.87. The minimum Gasteiger partial charge on any atom is -0.512 e. The van der Waals surface area contributed by atoms with E-state index in [0.29, 0.717) is 11.1 Å². The topological polar surface area (TPSA) is 99.1 Å². The molecule has 0 heterocycles. The average Bonchev–Trinajstić information content (AvgIpc) is 2.91. The van der Waals surface area contributed by atoms with E-state index in [2.05, 4.69) is 0 Å². The number of aliphatic hydroxyl groups excluding tert-OH is 1. The zero-order chi connectivity index (χ0) is 21.1. The summed E-state index contributed by atoms with van der Waals surface area (Å²) in [7, 11) is 1.19. The molecular weight excluding hydrogens is 364 g/mol. The van der Waals surface area contributed by atoms with Crippen LogP contribution < -0.4 is 0 Å². The molecule has 0 bridgehead atoms. The van der Waals surface area contributed by atoms with Gasteiger partial charge in [-0.3, -0.25) is 9.59 Å². The molecule has 0 aromatic heterocycles. The van der Waals surface area contributed by atoms with Crippen molar-refractivity contribution in [3.05, 3.63) is 52.3 Å². The van der Waals surface area contributed by atoms with Gasteiger partial charge in [-0.15, -0.1) is 0 Å². The lowest BCUT2D eigenvalue weighted by Crippen LogP contribution is -2.46. The Labute approximate surface area is 163 Å². The molecule has 1 aliphatic rings. The molecule has 0 amide bonds. The van der Waals surface area contributed by atoms with Gasteiger partial charge in [0.2, 0.25) is 5.41 Å². The van der Waals surface area contributed by atoms with Gasteiger partial charge in [0.25, 0.3) is 0 Å². The molecule has 1 N–H and O–H groups in total. The van der Waals surface area contributed by atoms with E-state index in [9.17, 15) is 19.5 Å². The fraction of sp³-hybridized carbons (Fsp3) is 0.381. The van der Waals surface area contributed by atoms with Crippen LogP contribution in [0.2, 0.25) is 0 Å². The van der Waals surface area contributed by atoms with Crippen LogP contribution in [-0.2, 0) is 34.0 Å². The summed E-state index contributed by atoms with van der Waals surface area (Å²) in [5.41, 5.74) is -0.713. The first-order chi connectivity index (χ1) is 13.3. The Morgan fingerprint density at radius 3 is 2.04 bits per heavy atom. The Hall–Kier alpha value is -3.09. The molecule has 28 heavy (non-hydrogen) atoms. The van der Waals surface area contributed by atoms with E-state index in [1.807, 2.05) is 0 Å². The van der Waals surface area contributed by atoms with Crippen molar-refractivity contribution in [2.45, 2.75) is 33.1 Å². The second-order valence-corrected chi connectivity index (χ2v) is 6.19. The highest BCUT2D eigenvalue weighted by molar-refractivity contribution is 6.19. The normalized spacial score (nSPS) is 15.5. The molecule has 0 radical (unpaired) electrons. The third kappa shape index (κ3) is 3.06. The van der Waals surface area contributed by atoms with E-state index in [1.54, 1.807) is 45.0 Å². The summed E-state index contributed by atoms with van der Waals surface area (Å²) < 4.78 is 15.3. The third-order valence-electron chi connectivity index (χ3n) is 4.70. The number of benzene rings is 1. The SMILES string of the molecule is CCOC(=O)C1(C(=O)OCC)C(C)=C(/C(C(=O)OC)=C(\C)O)c2ccccc21. The molecule has 7 nitrogen and oxygen atoms in total. The fourth-order valence-electron chi connectivity index (χ4n) is 3.56. The van der Waals surface area contributed by atoms with Crippen molar-refractivity contribution in [3.63, 3.8) is 0 Å². The number of allylic oxidation sites excluding steroid dienone is 1. The highest BCUT2D eigenvalue weighted by Gasteiger charge is 2.58. The van der Waals surface area contributed by atoms with E-state index in [-0.39, 0.29) is 35.7 Å². The fourth-order valence-corrected chi connectivity index (χ4v) is 3.56. The predicted octanol–water partition coefficient (Wildman–Crippen LogP) is 2.84. The van der Waals surface area contributed by atoms with Gasteiger partial charge in [-0.05, 0) is 44.4 Å². The largest absolute Gasteiger partial charge is 0.512 e. The lowest BCUT2D eigenvalue weighted by molar-refractivity contribution is -0.162. The van der Waals surface area contributed by atoms with Crippen LogP contribution in [0.3, 0.4) is 0 Å². The molecule has 2 rings (SSSR count). The third-order valence-corrected chi connectivity index (χ3v) is 4.70. The van der Waals surface area contributed by atoms with Crippen molar-refractivity contribution >= 4 is 23.5 Å². The van der Waals surface area contributed by atoms with Gasteiger partial charge < -0.3 is 19.3 Å². The molecule has 0 saturated carbocycles. The number of esters is 3. The van der Waals surface area contributed by atoms with E-state index < -0.39 is 23.3 Å². The van der Waals surface area contributed by atoms with Crippen LogP contribution in [-0.4, -0.2) is 43.3 Å². The van der Waals surface area contributed by atoms with Crippen LogP contribution in [0.1, 0.15) is 38.8 Å². The number of carbonyl (C=O) groups is 3. The Bertz CT molecular complexity index is 854. The van der Waals surface area contributed by atoms with Gasteiger partial charge in [0.15, 0.2) is 0 Å². The van der Waals surface area contributed by atoms with Gasteiger partial charge in [-0.1, -0.05) is 24.3 Å². The first-order valence-corrected chi connectivity index (χ1v) is 8.93. The number of carbonyl (C=O) groups excluding carboxylic acids is 3. The first-order valence-electron chi connectivity index (χ1n) is 8.93. The number of aliphatic hydroxyl groups is 1. The summed E-state index contributed by atoms with van der Waals surface area (Å²) in [5, 5.41) is 10.2. The molecular formula is C21H24O7. The van der Waals surface area contributed by atoms with Crippen LogP contribution in [0, 0.1) is 0 Å². The zero-order valence-electron chi connectivity index (χ0n) is 16.6. The maximum atomic E-state index is 13.1. The number of hydrogen-bond acceptors (Lipinski definition) is 7. The lowest BCUT2D eigenvalue weighted by Gasteiger charge is -2.27. The predicted molar refractivity (Wildman–Crippen MR) is 101 cm³/mol. The van der Waals surface area contributed by atoms with Gasteiger partial charge in [0.1, 0.15) is 11.3 Å². The molecule has 0 spiro atoms. The Morgan fingerprint density at radius 2 is 1.57 bits per heavy atom. The smallest absolute Gasteiger partial charge is 0.341 e. The molecule has 0 aliphatic heterocycles. The Balaban J connectivity index is 2.95. The van der Waals surface area contributed by atoms with E-state index in [4.69, 9.17) is 14.2 Å². The van der Waals surface area contributed by atoms with E-state index in [1.165, 1.54) is 14.0 Å². The number of hydrogen-bond donors (Lipinski definition) is 1. The first kappa shape index (κ1) is 21.2. The van der Waals surface area contributed by atoms with E-state index in [0.717, 1.165) is 0 Å². The molecule has 150 valence electrons. The average molecular weight is 388 g/mol. The Kier molecular flexibility index (Phi) is 6.28. The summed E-state index contributed by atoms with van der Waals surface area (Å²) in [6.45, 7) is 6.27. The molecule has 0 unspecified atom stereocenters. The van der Waals surface area contributed by atoms with E-state index >= 15 is 0 Å². The number of methoxy groups -OCH3 is 1. The van der Waals surface area contributed by atoms with Crippen molar-refractivity contribution in [2.24, 2.45) is 0 Å². The summed E-state index contributed by atoms with van der Waals surface area (Å²) in [6.07, 6.45) is 0. The quantitative estimate of drug-likeness (QED) is 0.263. The lowest BCUT2D eigenvalue weighted by atomic mass is 9.77. The molecule has 1 aromatic rings. The van der Waals surface area contributed by atoms with Crippen LogP contribution in [0.5, 0.6) is 0 Å². The van der Waals surface area contributed by atoms with Crippen molar-refractivity contribution in [1.29, 1.82) is 0 Å². The van der Waals surface area contributed by atoms with Crippen molar-refractivity contribution in [1.82, 2.24) is 0 Å². The summed E-state index contributed by atoms with van der Waals surface area (Å²) in [4.78, 5) is 38.6. The number of rotatable bonds is 6. The summed E-state index contributed by atoms with van der Waals surface area (Å²) >= 11 is 0. The van der Waals surface area contributed by atoms with Crippen LogP contribution in [0.4, 0.5) is 0 Å². The number of fused-ring (bicyclic) bond motifs is 1. The second-order valence-electron chi connectivity index (χ2n) is 6.19. The van der Waals surface area contributed by atoms with Crippen LogP contribution in [0.25, 0.3) is 5.57 Å². The highest BCUT2D eigenvalue weighted by atomic mass is 16.6. The molecule has 7 heteroatoms. The summed E-state index contributed by atoms with van der Waals surface area (Å²) in [6, 6.07) is 6.66. The molecule has 1 aliphatic carbocycles.